The highest BCUT2D eigenvalue weighted by molar-refractivity contribution is 5.32. The summed E-state index contributed by atoms with van der Waals surface area (Å²) >= 11 is 0. The molecule has 1 saturated heterocycles. The van der Waals surface area contributed by atoms with Gasteiger partial charge >= 0.3 is 0 Å². The molecule has 1 aliphatic rings. The van der Waals surface area contributed by atoms with Gasteiger partial charge in [0.25, 0.3) is 0 Å². The number of hydrogen-bond acceptors (Lipinski definition) is 5. The van der Waals surface area contributed by atoms with Crippen LogP contribution in [0.25, 0.3) is 0 Å². The normalized spacial score (nSPS) is 15.1. The number of piperidine rings is 1. The number of likely N-dealkylation sites (tertiary alicyclic amines) is 1. The molecule has 156 valence electrons. The van der Waals surface area contributed by atoms with Crippen molar-refractivity contribution in [2.75, 3.05) is 20.2 Å². The van der Waals surface area contributed by atoms with Gasteiger partial charge in [0, 0.05) is 30.1 Å². The molecular formula is C25H29N3O2. The van der Waals surface area contributed by atoms with E-state index in [4.69, 9.17) is 9.47 Å². The Balaban J connectivity index is 1.28. The predicted octanol–water partition coefficient (Wildman–Crippen LogP) is 5.12. The van der Waals surface area contributed by atoms with Crippen LogP contribution in [0.3, 0.4) is 0 Å². The molecule has 1 aromatic carbocycles. The van der Waals surface area contributed by atoms with E-state index in [9.17, 15) is 0 Å². The van der Waals surface area contributed by atoms with Crippen molar-refractivity contribution in [2.45, 2.75) is 32.2 Å². The molecule has 30 heavy (non-hydrogen) atoms. The van der Waals surface area contributed by atoms with Crippen LogP contribution in [-0.4, -0.2) is 35.1 Å². The monoisotopic (exact) mass is 403 g/mol. The lowest BCUT2D eigenvalue weighted by atomic mass is 9.90. The Hall–Kier alpha value is -2.92. The van der Waals surface area contributed by atoms with Gasteiger partial charge in [0.15, 0.2) is 0 Å². The van der Waals surface area contributed by atoms with Crippen LogP contribution in [0.15, 0.2) is 67.0 Å². The Morgan fingerprint density at radius 1 is 0.867 bits per heavy atom. The molecule has 0 bridgehead atoms. The number of nitrogens with zero attached hydrogens (tertiary/aromatic N) is 3. The average molecular weight is 404 g/mol. The molecule has 3 heterocycles. The number of hydrogen-bond donors (Lipinski definition) is 0. The van der Waals surface area contributed by atoms with Gasteiger partial charge in [0.1, 0.15) is 5.75 Å². The molecule has 1 aliphatic heterocycles. The molecule has 0 N–H and O–H groups in total. The number of aromatic nitrogens is 2. The second-order valence-corrected chi connectivity index (χ2v) is 7.81. The zero-order valence-corrected chi connectivity index (χ0v) is 17.5. The molecule has 1 fully saturated rings. The van der Waals surface area contributed by atoms with Crippen LogP contribution >= 0.6 is 0 Å². The SMILES string of the molecule is COc1ncccc1CN1CCC(CCc2cccnc2Oc2ccccc2)CC1. The minimum absolute atomic E-state index is 0.727. The lowest BCUT2D eigenvalue weighted by Gasteiger charge is -2.32. The summed E-state index contributed by atoms with van der Waals surface area (Å²) < 4.78 is 11.4. The summed E-state index contributed by atoms with van der Waals surface area (Å²) in [5.74, 6) is 3.03. The second-order valence-electron chi connectivity index (χ2n) is 7.81. The average Bonchev–Trinajstić information content (AvgIpc) is 2.80. The first-order valence-corrected chi connectivity index (χ1v) is 10.7. The molecule has 0 radical (unpaired) electrons. The zero-order valence-electron chi connectivity index (χ0n) is 17.5. The summed E-state index contributed by atoms with van der Waals surface area (Å²) in [5, 5.41) is 0. The summed E-state index contributed by atoms with van der Waals surface area (Å²) in [5.41, 5.74) is 2.35. The quantitative estimate of drug-likeness (QED) is 0.522. The molecule has 5 heteroatoms. The van der Waals surface area contributed by atoms with E-state index in [1.165, 1.54) is 24.8 Å². The van der Waals surface area contributed by atoms with Crippen LogP contribution in [0.5, 0.6) is 17.5 Å². The Morgan fingerprint density at radius 3 is 2.30 bits per heavy atom. The molecule has 0 amide bonds. The largest absolute Gasteiger partial charge is 0.481 e. The van der Waals surface area contributed by atoms with Gasteiger partial charge in [-0.25, -0.2) is 9.97 Å². The summed E-state index contributed by atoms with van der Waals surface area (Å²) in [4.78, 5) is 11.3. The Kier molecular flexibility index (Phi) is 6.93. The first-order valence-electron chi connectivity index (χ1n) is 10.7. The van der Waals surface area contributed by atoms with Crippen LogP contribution in [-0.2, 0) is 13.0 Å². The van der Waals surface area contributed by atoms with E-state index in [-0.39, 0.29) is 0 Å². The third kappa shape index (κ3) is 5.36. The number of ether oxygens (including phenoxy) is 2. The van der Waals surface area contributed by atoms with Crippen molar-refractivity contribution in [1.29, 1.82) is 0 Å². The smallest absolute Gasteiger partial charge is 0.222 e. The summed E-state index contributed by atoms with van der Waals surface area (Å²) in [6.45, 7) is 3.13. The molecule has 4 rings (SSSR count). The fraction of sp³-hybridized carbons (Fsp3) is 0.360. The third-order valence-electron chi connectivity index (χ3n) is 5.77. The summed E-state index contributed by atoms with van der Waals surface area (Å²) in [6.07, 6.45) is 8.18. The van der Waals surface area contributed by atoms with Gasteiger partial charge in [-0.3, -0.25) is 4.90 Å². The highest BCUT2D eigenvalue weighted by Crippen LogP contribution is 2.28. The minimum atomic E-state index is 0.727. The van der Waals surface area contributed by atoms with Crippen LogP contribution < -0.4 is 9.47 Å². The van der Waals surface area contributed by atoms with Crippen molar-refractivity contribution < 1.29 is 9.47 Å². The first kappa shape index (κ1) is 20.4. The Bertz CT molecular complexity index is 924. The van der Waals surface area contributed by atoms with Crippen molar-refractivity contribution in [1.82, 2.24) is 14.9 Å². The zero-order chi connectivity index (χ0) is 20.6. The van der Waals surface area contributed by atoms with Crippen molar-refractivity contribution in [3.05, 3.63) is 78.1 Å². The van der Waals surface area contributed by atoms with Gasteiger partial charge in [0.05, 0.1) is 7.11 Å². The molecule has 0 spiro atoms. The van der Waals surface area contributed by atoms with Crippen molar-refractivity contribution in [3.63, 3.8) is 0 Å². The minimum Gasteiger partial charge on any atom is -0.481 e. The van der Waals surface area contributed by atoms with E-state index in [0.717, 1.165) is 55.0 Å². The Morgan fingerprint density at radius 2 is 1.57 bits per heavy atom. The fourth-order valence-electron chi connectivity index (χ4n) is 4.07. The summed E-state index contributed by atoms with van der Waals surface area (Å²) in [6, 6.07) is 18.1. The predicted molar refractivity (Wildman–Crippen MR) is 118 cm³/mol. The second kappa shape index (κ2) is 10.2. The molecule has 5 nitrogen and oxygen atoms in total. The van der Waals surface area contributed by atoms with E-state index in [1.54, 1.807) is 19.5 Å². The fourth-order valence-corrected chi connectivity index (χ4v) is 4.07. The maximum atomic E-state index is 6.02. The van der Waals surface area contributed by atoms with Crippen LogP contribution in [0.1, 0.15) is 30.4 Å². The van der Waals surface area contributed by atoms with Crippen LogP contribution in [0, 0.1) is 5.92 Å². The molecule has 0 unspecified atom stereocenters. The number of rotatable bonds is 8. The lowest BCUT2D eigenvalue weighted by molar-refractivity contribution is 0.170. The topological polar surface area (TPSA) is 47.5 Å². The molecular weight excluding hydrogens is 374 g/mol. The molecule has 0 saturated carbocycles. The standard InChI is InChI=1S/C25H29N3O2/c1-29-24-22(8-6-15-26-24)19-28-17-13-20(14-18-28)11-12-21-7-5-16-27-25(21)30-23-9-3-2-4-10-23/h2-10,15-16,20H,11-14,17-19H2,1H3. The number of aryl methyl sites for hydroxylation is 1. The maximum absolute atomic E-state index is 6.02. The van der Waals surface area contributed by atoms with E-state index in [2.05, 4.69) is 27.0 Å². The third-order valence-corrected chi connectivity index (χ3v) is 5.77. The highest BCUT2D eigenvalue weighted by Gasteiger charge is 2.21. The highest BCUT2D eigenvalue weighted by atomic mass is 16.5. The van der Waals surface area contributed by atoms with Gasteiger partial charge in [-0.1, -0.05) is 30.3 Å². The molecule has 2 aromatic heterocycles. The van der Waals surface area contributed by atoms with Gasteiger partial charge in [-0.05, 0) is 69.0 Å². The number of benzene rings is 1. The van der Waals surface area contributed by atoms with E-state index >= 15 is 0 Å². The van der Waals surface area contributed by atoms with Gasteiger partial charge < -0.3 is 9.47 Å². The van der Waals surface area contributed by atoms with Crippen molar-refractivity contribution in [3.8, 4) is 17.5 Å². The molecule has 3 aromatic rings. The van der Waals surface area contributed by atoms with Crippen LogP contribution in [0.2, 0.25) is 0 Å². The molecule has 0 aliphatic carbocycles. The van der Waals surface area contributed by atoms with Gasteiger partial charge in [-0.15, -0.1) is 0 Å². The number of para-hydroxylation sites is 1. The van der Waals surface area contributed by atoms with E-state index in [0.29, 0.717) is 0 Å². The maximum Gasteiger partial charge on any atom is 0.222 e. The number of methoxy groups -OCH3 is 1. The lowest BCUT2D eigenvalue weighted by Crippen LogP contribution is -2.33. The van der Waals surface area contributed by atoms with Gasteiger partial charge in [0.2, 0.25) is 11.8 Å². The number of pyridine rings is 2. The first-order chi connectivity index (χ1) is 14.8. The van der Waals surface area contributed by atoms with Gasteiger partial charge in [-0.2, -0.15) is 0 Å². The summed E-state index contributed by atoms with van der Waals surface area (Å²) in [7, 11) is 1.69. The van der Waals surface area contributed by atoms with E-state index < -0.39 is 0 Å². The van der Waals surface area contributed by atoms with Crippen molar-refractivity contribution in [2.24, 2.45) is 5.92 Å². The molecule has 0 atom stereocenters. The van der Waals surface area contributed by atoms with Crippen LogP contribution in [0.4, 0.5) is 0 Å². The van der Waals surface area contributed by atoms with Crippen molar-refractivity contribution >= 4 is 0 Å². The Labute approximate surface area is 178 Å². The van der Waals surface area contributed by atoms with E-state index in [1.807, 2.05) is 42.5 Å².